The molecule has 0 aliphatic carbocycles. The molecule has 0 spiro atoms. The summed E-state index contributed by atoms with van der Waals surface area (Å²) in [6.45, 7) is 2.85. The van der Waals surface area contributed by atoms with Gasteiger partial charge in [-0.15, -0.1) is 11.8 Å². The van der Waals surface area contributed by atoms with Crippen molar-refractivity contribution < 1.29 is 9.90 Å². The fourth-order valence-electron chi connectivity index (χ4n) is 1.49. The van der Waals surface area contributed by atoms with E-state index in [-0.39, 0.29) is 5.37 Å². The van der Waals surface area contributed by atoms with E-state index in [1.165, 1.54) is 0 Å². The molecule has 5 nitrogen and oxygen atoms in total. The fourth-order valence-corrected chi connectivity index (χ4v) is 2.69. The molecular formula is C9H13N3O2S. The summed E-state index contributed by atoms with van der Waals surface area (Å²) in [4.78, 5) is 10.7. The smallest absolute Gasteiger partial charge is 0.321 e. The second-order valence-corrected chi connectivity index (χ2v) is 4.54. The predicted molar refractivity (Wildman–Crippen MR) is 57.7 cm³/mol. The molecule has 0 bridgehead atoms. The lowest BCUT2D eigenvalue weighted by Crippen LogP contribution is -2.33. The number of aromatic nitrogens is 2. The van der Waals surface area contributed by atoms with Crippen LogP contribution < -0.4 is 5.32 Å². The Kier molecular flexibility index (Phi) is 2.97. The third-order valence-corrected chi connectivity index (χ3v) is 3.63. The summed E-state index contributed by atoms with van der Waals surface area (Å²) in [6.07, 6.45) is 3.74. The monoisotopic (exact) mass is 227 g/mol. The van der Waals surface area contributed by atoms with Crippen LogP contribution in [0.25, 0.3) is 0 Å². The van der Waals surface area contributed by atoms with Crippen LogP contribution in [0.1, 0.15) is 17.9 Å². The number of hydrogen-bond acceptors (Lipinski definition) is 4. The van der Waals surface area contributed by atoms with E-state index in [1.54, 1.807) is 18.0 Å². The molecule has 1 aromatic heterocycles. The van der Waals surface area contributed by atoms with Gasteiger partial charge in [-0.25, -0.2) is 0 Å². The first-order chi connectivity index (χ1) is 7.20. The summed E-state index contributed by atoms with van der Waals surface area (Å²) < 4.78 is 1.84. The van der Waals surface area contributed by atoms with Crippen molar-refractivity contribution in [3.05, 3.63) is 18.0 Å². The maximum Gasteiger partial charge on any atom is 0.321 e. The quantitative estimate of drug-likeness (QED) is 0.795. The van der Waals surface area contributed by atoms with Gasteiger partial charge in [-0.3, -0.25) is 14.8 Å². The molecule has 1 fully saturated rings. The fraction of sp³-hybridized carbons (Fsp3) is 0.556. The number of nitrogens with one attached hydrogen (secondary N) is 1. The molecule has 2 heterocycles. The summed E-state index contributed by atoms with van der Waals surface area (Å²) >= 11 is 1.61. The Labute approximate surface area is 91.9 Å². The van der Waals surface area contributed by atoms with Crippen LogP contribution in [-0.4, -0.2) is 32.7 Å². The number of thioether (sulfide) groups is 1. The highest BCUT2D eigenvalue weighted by Crippen LogP contribution is 2.32. The van der Waals surface area contributed by atoms with E-state index in [9.17, 15) is 4.79 Å². The minimum atomic E-state index is -0.784. The van der Waals surface area contributed by atoms with E-state index < -0.39 is 12.0 Å². The first-order valence-corrected chi connectivity index (χ1v) is 5.88. The molecule has 6 heteroatoms. The van der Waals surface area contributed by atoms with Crippen molar-refractivity contribution in [3.8, 4) is 0 Å². The van der Waals surface area contributed by atoms with Gasteiger partial charge in [-0.2, -0.15) is 5.10 Å². The lowest BCUT2D eigenvalue weighted by molar-refractivity contribution is -0.138. The van der Waals surface area contributed by atoms with Crippen molar-refractivity contribution in [2.45, 2.75) is 24.9 Å². The lowest BCUT2D eigenvalue weighted by Gasteiger charge is -2.07. The van der Waals surface area contributed by atoms with Gasteiger partial charge >= 0.3 is 5.97 Å². The van der Waals surface area contributed by atoms with Crippen LogP contribution >= 0.6 is 11.8 Å². The molecule has 82 valence electrons. The van der Waals surface area contributed by atoms with Crippen LogP contribution in [0, 0.1) is 0 Å². The average molecular weight is 227 g/mol. The molecule has 1 saturated heterocycles. The minimum Gasteiger partial charge on any atom is -0.480 e. The van der Waals surface area contributed by atoms with E-state index in [2.05, 4.69) is 10.4 Å². The van der Waals surface area contributed by atoms with Crippen molar-refractivity contribution in [3.63, 3.8) is 0 Å². The average Bonchev–Trinajstić information content (AvgIpc) is 2.86. The second kappa shape index (κ2) is 4.24. The molecular weight excluding hydrogens is 214 g/mol. The number of nitrogens with zero attached hydrogens (tertiary/aromatic N) is 2. The third kappa shape index (κ3) is 2.15. The van der Waals surface area contributed by atoms with Gasteiger partial charge in [0.25, 0.3) is 0 Å². The molecule has 1 aliphatic heterocycles. The lowest BCUT2D eigenvalue weighted by atomic mass is 10.3. The van der Waals surface area contributed by atoms with Gasteiger partial charge in [0, 0.05) is 24.1 Å². The predicted octanol–water partition coefficient (Wildman–Crippen LogP) is 0.691. The third-order valence-electron chi connectivity index (χ3n) is 2.36. The maximum atomic E-state index is 10.7. The van der Waals surface area contributed by atoms with E-state index in [1.807, 2.05) is 17.8 Å². The summed E-state index contributed by atoms with van der Waals surface area (Å²) in [5, 5.41) is 16.1. The summed E-state index contributed by atoms with van der Waals surface area (Å²) in [7, 11) is 0. The van der Waals surface area contributed by atoms with Crippen molar-refractivity contribution in [2.24, 2.45) is 0 Å². The highest BCUT2D eigenvalue weighted by Gasteiger charge is 2.30. The van der Waals surface area contributed by atoms with Crippen LogP contribution in [0.15, 0.2) is 12.4 Å². The molecule has 1 unspecified atom stereocenters. The summed E-state index contributed by atoms with van der Waals surface area (Å²) in [6, 6.07) is -0.440. The van der Waals surface area contributed by atoms with Crippen LogP contribution in [0.4, 0.5) is 0 Å². The molecule has 1 aromatic rings. The molecule has 2 rings (SSSR count). The molecule has 0 amide bonds. The Hall–Kier alpha value is -1.01. The molecule has 15 heavy (non-hydrogen) atoms. The first-order valence-electron chi connectivity index (χ1n) is 4.83. The molecule has 0 saturated carbocycles. The molecule has 2 N–H and O–H groups in total. The van der Waals surface area contributed by atoms with E-state index in [0.29, 0.717) is 5.75 Å². The van der Waals surface area contributed by atoms with Gasteiger partial charge in [-0.05, 0) is 6.92 Å². The number of carboxylic acids is 1. The zero-order valence-electron chi connectivity index (χ0n) is 8.38. The standard InChI is InChI=1S/C9H13N3O2S/c1-2-12-4-6(3-10-12)8-11-7(5-15-8)9(13)14/h3-4,7-8,11H,2,5H2,1H3,(H,13,14)/t7-,8?/m0/s1. The Bertz CT molecular complexity index is 366. The summed E-state index contributed by atoms with van der Waals surface area (Å²) in [5.74, 6) is -0.176. The minimum absolute atomic E-state index is 0.0615. The highest BCUT2D eigenvalue weighted by atomic mass is 32.2. The number of aliphatic carboxylic acids is 1. The van der Waals surface area contributed by atoms with Gasteiger partial charge in [0.1, 0.15) is 6.04 Å². The Morgan fingerprint density at radius 1 is 1.87 bits per heavy atom. The first kappa shape index (κ1) is 10.5. The van der Waals surface area contributed by atoms with Crippen molar-refractivity contribution in [2.75, 3.05) is 5.75 Å². The van der Waals surface area contributed by atoms with Gasteiger partial charge in [0.15, 0.2) is 0 Å². The van der Waals surface area contributed by atoms with Gasteiger partial charge in [0.2, 0.25) is 0 Å². The highest BCUT2D eigenvalue weighted by molar-refractivity contribution is 7.99. The maximum absolute atomic E-state index is 10.7. The van der Waals surface area contributed by atoms with Gasteiger partial charge in [0.05, 0.1) is 11.6 Å². The second-order valence-electron chi connectivity index (χ2n) is 3.40. The molecule has 1 aliphatic rings. The zero-order valence-corrected chi connectivity index (χ0v) is 9.20. The number of hydrogen-bond donors (Lipinski definition) is 2. The SMILES string of the molecule is CCn1cc(C2N[C@H](C(=O)O)CS2)cn1. The molecule has 2 atom stereocenters. The number of carboxylic acid groups (broad SMARTS) is 1. The van der Waals surface area contributed by atoms with Gasteiger partial charge in [-0.1, -0.05) is 0 Å². The summed E-state index contributed by atoms with van der Waals surface area (Å²) in [5.41, 5.74) is 1.05. The zero-order chi connectivity index (χ0) is 10.8. The number of aryl methyl sites for hydroxylation is 1. The van der Waals surface area contributed by atoms with Gasteiger partial charge < -0.3 is 5.11 Å². The Balaban J connectivity index is 2.04. The largest absolute Gasteiger partial charge is 0.480 e. The van der Waals surface area contributed by atoms with Crippen LogP contribution in [0.5, 0.6) is 0 Å². The van der Waals surface area contributed by atoms with Crippen LogP contribution in [0.3, 0.4) is 0 Å². The normalized spacial score (nSPS) is 25.7. The van der Waals surface area contributed by atoms with Crippen LogP contribution in [-0.2, 0) is 11.3 Å². The van der Waals surface area contributed by atoms with E-state index in [0.717, 1.165) is 12.1 Å². The van der Waals surface area contributed by atoms with Crippen molar-refractivity contribution in [1.29, 1.82) is 0 Å². The Morgan fingerprint density at radius 3 is 3.20 bits per heavy atom. The number of rotatable bonds is 3. The van der Waals surface area contributed by atoms with Crippen molar-refractivity contribution in [1.82, 2.24) is 15.1 Å². The van der Waals surface area contributed by atoms with E-state index >= 15 is 0 Å². The van der Waals surface area contributed by atoms with Crippen LogP contribution in [0.2, 0.25) is 0 Å². The topological polar surface area (TPSA) is 67.2 Å². The van der Waals surface area contributed by atoms with Crippen molar-refractivity contribution >= 4 is 17.7 Å². The molecule has 0 aromatic carbocycles. The Morgan fingerprint density at radius 2 is 2.67 bits per heavy atom. The van der Waals surface area contributed by atoms with E-state index in [4.69, 9.17) is 5.11 Å². The molecule has 0 radical (unpaired) electrons. The number of carbonyl (C=O) groups is 1.